The van der Waals surface area contributed by atoms with Crippen LogP contribution in [0.4, 0.5) is 5.82 Å². The highest BCUT2D eigenvalue weighted by Crippen LogP contribution is 2.47. The molecule has 1 aliphatic carbocycles. The number of nitrogens with zero attached hydrogens (tertiary/aromatic N) is 3. The molecule has 4 rings (SSSR count). The summed E-state index contributed by atoms with van der Waals surface area (Å²) in [7, 11) is 1.64. The van der Waals surface area contributed by atoms with Crippen LogP contribution in [0.3, 0.4) is 0 Å². The number of methoxy groups -OCH3 is 1. The van der Waals surface area contributed by atoms with Crippen LogP contribution in [0.2, 0.25) is 0 Å². The van der Waals surface area contributed by atoms with E-state index < -0.39 is 0 Å². The molecule has 5 nitrogen and oxygen atoms in total. The molecule has 0 aromatic carbocycles. The van der Waals surface area contributed by atoms with Crippen LogP contribution in [-0.2, 0) is 4.74 Å². The molecule has 1 aromatic rings. The van der Waals surface area contributed by atoms with Gasteiger partial charge in [-0.25, -0.2) is 9.97 Å². The first-order chi connectivity index (χ1) is 10.3. The maximum absolute atomic E-state index is 6.05. The summed E-state index contributed by atoms with van der Waals surface area (Å²) in [6, 6.07) is 1.91. The fourth-order valence-corrected chi connectivity index (χ4v) is 4.66. The van der Waals surface area contributed by atoms with Gasteiger partial charge in [0.2, 0.25) is 5.88 Å². The number of hydrogen-bond donors (Lipinski definition) is 0. The van der Waals surface area contributed by atoms with Gasteiger partial charge in [-0.3, -0.25) is 0 Å². The number of hydrogen-bond acceptors (Lipinski definition) is 6. The third-order valence-corrected chi connectivity index (χ3v) is 6.13. The van der Waals surface area contributed by atoms with Gasteiger partial charge in [-0.05, 0) is 25.2 Å². The van der Waals surface area contributed by atoms with Crippen LogP contribution in [-0.4, -0.2) is 53.4 Å². The van der Waals surface area contributed by atoms with Gasteiger partial charge in [-0.2, -0.15) is 0 Å². The monoisotopic (exact) mass is 307 g/mol. The number of ether oxygens (including phenoxy) is 2. The molecule has 3 aliphatic rings. The molecule has 3 fully saturated rings. The Morgan fingerprint density at radius 3 is 3.00 bits per heavy atom. The Morgan fingerprint density at radius 1 is 1.38 bits per heavy atom. The van der Waals surface area contributed by atoms with Crippen molar-refractivity contribution in [2.75, 3.05) is 37.5 Å². The Kier molecular flexibility index (Phi) is 3.46. The van der Waals surface area contributed by atoms with Gasteiger partial charge in [0.1, 0.15) is 12.1 Å². The maximum atomic E-state index is 6.05. The number of anilines is 1. The van der Waals surface area contributed by atoms with Gasteiger partial charge in [0.05, 0.1) is 18.0 Å². The summed E-state index contributed by atoms with van der Waals surface area (Å²) in [5.41, 5.74) is 0. The highest BCUT2D eigenvalue weighted by Gasteiger charge is 2.50. The van der Waals surface area contributed by atoms with Crippen molar-refractivity contribution in [1.82, 2.24) is 9.97 Å². The molecule has 0 unspecified atom stereocenters. The quantitative estimate of drug-likeness (QED) is 0.829. The minimum Gasteiger partial charge on any atom is -0.481 e. The lowest BCUT2D eigenvalue weighted by Gasteiger charge is -2.48. The summed E-state index contributed by atoms with van der Waals surface area (Å²) in [5, 5.41) is 0. The number of thioether (sulfide) groups is 1. The predicted octanol–water partition coefficient (Wildman–Crippen LogP) is 1.98. The molecule has 2 aliphatic heterocycles. The molecule has 2 saturated heterocycles. The van der Waals surface area contributed by atoms with Crippen molar-refractivity contribution in [3.8, 4) is 5.88 Å². The topological polar surface area (TPSA) is 47.5 Å². The second kappa shape index (κ2) is 5.32. The van der Waals surface area contributed by atoms with E-state index in [4.69, 9.17) is 9.47 Å². The largest absolute Gasteiger partial charge is 0.481 e. The van der Waals surface area contributed by atoms with Crippen LogP contribution in [0.15, 0.2) is 12.4 Å². The Bertz CT molecular complexity index is 517. The SMILES string of the molecule is COc1cc(N2CC3(C[C@@H](OCC4CC4)CS3)C2)ncn1. The highest BCUT2D eigenvalue weighted by atomic mass is 32.2. The fourth-order valence-electron chi connectivity index (χ4n) is 3.11. The minimum absolute atomic E-state index is 0.381. The normalized spacial score (nSPS) is 26.9. The van der Waals surface area contributed by atoms with E-state index in [2.05, 4.69) is 26.6 Å². The summed E-state index contributed by atoms with van der Waals surface area (Å²) in [4.78, 5) is 10.7. The average molecular weight is 307 g/mol. The third kappa shape index (κ3) is 2.83. The maximum Gasteiger partial charge on any atom is 0.218 e. The Hall–Kier alpha value is -1.01. The van der Waals surface area contributed by atoms with Crippen molar-refractivity contribution < 1.29 is 9.47 Å². The van der Waals surface area contributed by atoms with Crippen LogP contribution in [0.5, 0.6) is 5.88 Å². The van der Waals surface area contributed by atoms with Crippen molar-refractivity contribution in [1.29, 1.82) is 0 Å². The summed E-state index contributed by atoms with van der Waals surface area (Å²) >= 11 is 2.08. The van der Waals surface area contributed by atoms with E-state index in [1.165, 1.54) is 19.3 Å². The van der Waals surface area contributed by atoms with Crippen molar-refractivity contribution in [2.24, 2.45) is 5.92 Å². The Balaban J connectivity index is 1.31. The standard InChI is InChI=1S/C15H21N3O2S/c1-19-14-4-13(16-10-17-14)18-8-15(9-18)5-12(7-21-15)20-6-11-2-3-11/h4,10-12H,2-3,5-9H2,1H3/t12-/m1/s1. The van der Waals surface area contributed by atoms with E-state index in [0.29, 0.717) is 16.7 Å². The van der Waals surface area contributed by atoms with Crippen molar-refractivity contribution in [2.45, 2.75) is 30.1 Å². The summed E-state index contributed by atoms with van der Waals surface area (Å²) in [6.45, 7) is 3.09. The third-order valence-electron chi connectivity index (χ3n) is 4.56. The zero-order valence-corrected chi connectivity index (χ0v) is 13.1. The molecule has 3 heterocycles. The zero-order chi connectivity index (χ0) is 14.3. The van der Waals surface area contributed by atoms with Crippen molar-refractivity contribution in [3.05, 3.63) is 12.4 Å². The first kappa shape index (κ1) is 13.6. The summed E-state index contributed by atoms with van der Waals surface area (Å²) in [5.74, 6) is 3.60. The van der Waals surface area contributed by atoms with Crippen LogP contribution < -0.4 is 9.64 Å². The molecule has 1 saturated carbocycles. The molecular weight excluding hydrogens is 286 g/mol. The van der Waals surface area contributed by atoms with Gasteiger partial charge in [0, 0.05) is 31.5 Å². The molecule has 0 amide bonds. The van der Waals surface area contributed by atoms with Crippen LogP contribution >= 0.6 is 11.8 Å². The lowest BCUT2D eigenvalue weighted by molar-refractivity contribution is 0.0529. The molecule has 0 bridgehead atoms. The zero-order valence-electron chi connectivity index (χ0n) is 12.3. The molecule has 1 aromatic heterocycles. The van der Waals surface area contributed by atoms with Crippen molar-refractivity contribution in [3.63, 3.8) is 0 Å². The minimum atomic E-state index is 0.381. The molecule has 6 heteroatoms. The first-order valence-electron chi connectivity index (χ1n) is 7.63. The molecule has 1 spiro atoms. The number of rotatable bonds is 5. The van der Waals surface area contributed by atoms with E-state index in [-0.39, 0.29) is 0 Å². The summed E-state index contributed by atoms with van der Waals surface area (Å²) in [6.07, 6.45) is 5.95. The lowest BCUT2D eigenvalue weighted by Crippen LogP contribution is -2.59. The Labute approximate surface area is 129 Å². The molecule has 1 atom stereocenters. The Morgan fingerprint density at radius 2 is 2.24 bits per heavy atom. The van der Waals surface area contributed by atoms with E-state index in [9.17, 15) is 0 Å². The van der Waals surface area contributed by atoms with Gasteiger partial charge in [-0.1, -0.05) is 0 Å². The molecule has 0 radical (unpaired) electrons. The highest BCUT2D eigenvalue weighted by molar-refractivity contribution is 8.01. The van der Waals surface area contributed by atoms with Gasteiger partial charge >= 0.3 is 0 Å². The molecule has 0 N–H and O–H groups in total. The first-order valence-corrected chi connectivity index (χ1v) is 8.61. The molecule has 114 valence electrons. The van der Waals surface area contributed by atoms with Gasteiger partial charge < -0.3 is 14.4 Å². The fraction of sp³-hybridized carbons (Fsp3) is 0.733. The van der Waals surface area contributed by atoms with Crippen LogP contribution in [0, 0.1) is 5.92 Å². The van der Waals surface area contributed by atoms with Crippen molar-refractivity contribution >= 4 is 17.6 Å². The van der Waals surface area contributed by atoms with Crippen LogP contribution in [0.25, 0.3) is 0 Å². The van der Waals surface area contributed by atoms with Gasteiger partial charge in [-0.15, -0.1) is 11.8 Å². The second-order valence-electron chi connectivity index (χ2n) is 6.37. The van der Waals surface area contributed by atoms with Gasteiger partial charge in [0.15, 0.2) is 0 Å². The molecule has 21 heavy (non-hydrogen) atoms. The lowest BCUT2D eigenvalue weighted by atomic mass is 9.93. The molecular formula is C15H21N3O2S. The van der Waals surface area contributed by atoms with E-state index in [1.807, 2.05) is 6.07 Å². The second-order valence-corrected chi connectivity index (χ2v) is 7.86. The van der Waals surface area contributed by atoms with E-state index in [1.54, 1.807) is 13.4 Å². The van der Waals surface area contributed by atoms with E-state index in [0.717, 1.165) is 37.2 Å². The van der Waals surface area contributed by atoms with E-state index >= 15 is 0 Å². The predicted molar refractivity (Wildman–Crippen MR) is 83.1 cm³/mol. The number of aromatic nitrogens is 2. The smallest absolute Gasteiger partial charge is 0.218 e. The summed E-state index contributed by atoms with van der Waals surface area (Å²) < 4.78 is 11.6. The average Bonchev–Trinajstić information content (AvgIpc) is 3.21. The van der Waals surface area contributed by atoms with Crippen LogP contribution in [0.1, 0.15) is 19.3 Å². The van der Waals surface area contributed by atoms with Gasteiger partial charge in [0.25, 0.3) is 0 Å².